The van der Waals surface area contributed by atoms with Crippen molar-refractivity contribution in [1.82, 2.24) is 13.7 Å². The highest BCUT2D eigenvalue weighted by atomic mass is 35.5. The van der Waals surface area contributed by atoms with E-state index >= 15 is 0 Å². The lowest BCUT2D eigenvalue weighted by Gasteiger charge is -2.28. The maximum absolute atomic E-state index is 12.2. The molecule has 1 aliphatic heterocycles. The number of rotatable bonds is 4. The number of aliphatic imine (C=N–C) groups is 1. The molecule has 0 bridgehead atoms. The second kappa shape index (κ2) is 6.17. The molecular formula is C10H14ClN5O2S2. The van der Waals surface area contributed by atoms with E-state index in [2.05, 4.69) is 19.1 Å². The van der Waals surface area contributed by atoms with Gasteiger partial charge in [-0.25, -0.2) is 9.71 Å². The highest BCUT2D eigenvalue weighted by Gasteiger charge is 2.28. The first kappa shape index (κ1) is 15.4. The molecule has 7 nitrogen and oxygen atoms in total. The average Bonchev–Trinajstić information content (AvgIpc) is 2.89. The molecule has 10 heteroatoms. The highest BCUT2D eigenvalue weighted by Crippen LogP contribution is 2.23. The number of anilines is 1. The molecule has 2 rings (SSSR count). The summed E-state index contributed by atoms with van der Waals surface area (Å²) in [6.45, 7) is 2.50. The first-order valence-corrected chi connectivity index (χ1v) is 8.39. The van der Waals surface area contributed by atoms with Crippen LogP contribution in [0.1, 0.15) is 13.3 Å². The molecule has 0 fully saturated rings. The fourth-order valence-corrected chi connectivity index (χ4v) is 4.01. The van der Waals surface area contributed by atoms with Gasteiger partial charge in [-0.15, -0.1) is 0 Å². The van der Waals surface area contributed by atoms with Crippen molar-refractivity contribution in [3.8, 4) is 0 Å². The van der Waals surface area contributed by atoms with Gasteiger partial charge in [0.05, 0.1) is 0 Å². The molecule has 1 aromatic heterocycles. The minimum Gasteiger partial charge on any atom is -0.276 e. The predicted octanol–water partition coefficient (Wildman–Crippen LogP) is 1.48. The van der Waals surface area contributed by atoms with Crippen LogP contribution in [0.15, 0.2) is 22.5 Å². The number of nitrogens with one attached hydrogen (secondary N) is 1. The van der Waals surface area contributed by atoms with Gasteiger partial charge in [0.25, 0.3) is 0 Å². The number of hydrogen-bond donors (Lipinski definition) is 1. The third kappa shape index (κ3) is 3.35. The van der Waals surface area contributed by atoms with Crippen molar-refractivity contribution < 1.29 is 8.42 Å². The van der Waals surface area contributed by atoms with Gasteiger partial charge < -0.3 is 0 Å². The molecule has 1 aromatic rings. The molecule has 110 valence electrons. The Labute approximate surface area is 126 Å². The van der Waals surface area contributed by atoms with Gasteiger partial charge >= 0.3 is 10.2 Å². The van der Waals surface area contributed by atoms with E-state index in [0.29, 0.717) is 18.1 Å². The quantitative estimate of drug-likeness (QED) is 0.844. The fraction of sp³-hybridized carbons (Fsp3) is 0.500. The van der Waals surface area contributed by atoms with Crippen molar-refractivity contribution in [3.05, 3.63) is 17.5 Å². The molecule has 0 aromatic carbocycles. The molecule has 0 radical (unpaired) electrons. The SMILES string of the molecule is CN=C(Cl)C1=C(C)CN(S(=O)(=O)Nc2ncns2)CC1. The molecule has 0 aliphatic carbocycles. The zero-order valence-electron chi connectivity index (χ0n) is 11.0. The van der Waals surface area contributed by atoms with Crippen LogP contribution in [0.3, 0.4) is 0 Å². The number of hydrogen-bond acceptors (Lipinski definition) is 6. The van der Waals surface area contributed by atoms with Gasteiger partial charge in [0.1, 0.15) is 11.5 Å². The maximum Gasteiger partial charge on any atom is 0.303 e. The van der Waals surface area contributed by atoms with E-state index in [9.17, 15) is 8.42 Å². The Morgan fingerprint density at radius 3 is 2.90 bits per heavy atom. The van der Waals surface area contributed by atoms with E-state index in [1.165, 1.54) is 10.6 Å². The third-order valence-electron chi connectivity index (χ3n) is 2.90. The van der Waals surface area contributed by atoms with Crippen molar-refractivity contribution in [2.75, 3.05) is 24.9 Å². The first-order chi connectivity index (χ1) is 9.44. The van der Waals surface area contributed by atoms with Crippen LogP contribution in [0.5, 0.6) is 0 Å². The van der Waals surface area contributed by atoms with Gasteiger partial charge in [0, 0.05) is 31.7 Å². The molecule has 1 aliphatic rings. The number of aromatic nitrogens is 2. The normalized spacial score (nSPS) is 18.4. The topological polar surface area (TPSA) is 87.5 Å². The summed E-state index contributed by atoms with van der Waals surface area (Å²) < 4.78 is 31.9. The van der Waals surface area contributed by atoms with Crippen LogP contribution in [0, 0.1) is 0 Å². The summed E-state index contributed by atoms with van der Waals surface area (Å²) >= 11 is 7.00. The Hall–Kier alpha value is -1.03. The van der Waals surface area contributed by atoms with E-state index in [1.54, 1.807) is 7.05 Å². The minimum atomic E-state index is -3.62. The summed E-state index contributed by atoms with van der Waals surface area (Å²) in [5.74, 6) is 0. The molecule has 0 saturated carbocycles. The standard InChI is InChI=1S/C10H14ClN5O2S2/c1-7-5-16(4-3-8(7)9(11)12-2)20(17,18)15-10-13-6-14-19-10/h6H,3-5H2,1-2H3,(H,13,14,15). The molecule has 0 unspecified atom stereocenters. The van der Waals surface area contributed by atoms with Crippen LogP contribution in [0.2, 0.25) is 0 Å². The Morgan fingerprint density at radius 2 is 2.35 bits per heavy atom. The number of nitrogens with zero attached hydrogens (tertiary/aromatic N) is 4. The maximum atomic E-state index is 12.2. The fourth-order valence-electron chi connectivity index (χ4n) is 1.90. The van der Waals surface area contributed by atoms with Crippen molar-refractivity contribution >= 4 is 43.6 Å². The molecular weight excluding hydrogens is 322 g/mol. The Kier molecular flexibility index (Phi) is 4.74. The predicted molar refractivity (Wildman–Crippen MR) is 80.6 cm³/mol. The van der Waals surface area contributed by atoms with Crippen molar-refractivity contribution in [1.29, 1.82) is 0 Å². The smallest absolute Gasteiger partial charge is 0.276 e. The van der Waals surface area contributed by atoms with Gasteiger partial charge in [-0.05, 0) is 18.9 Å². The number of halogens is 1. The van der Waals surface area contributed by atoms with Crippen molar-refractivity contribution in [2.24, 2.45) is 4.99 Å². The molecule has 0 atom stereocenters. The van der Waals surface area contributed by atoms with Gasteiger partial charge in [-0.2, -0.15) is 17.1 Å². The van der Waals surface area contributed by atoms with E-state index in [1.807, 2.05) is 6.92 Å². The van der Waals surface area contributed by atoms with Crippen molar-refractivity contribution in [2.45, 2.75) is 13.3 Å². The monoisotopic (exact) mass is 335 g/mol. The van der Waals surface area contributed by atoms with E-state index in [0.717, 1.165) is 22.7 Å². The van der Waals surface area contributed by atoms with E-state index in [-0.39, 0.29) is 11.7 Å². The molecule has 20 heavy (non-hydrogen) atoms. The lowest BCUT2D eigenvalue weighted by molar-refractivity contribution is 0.428. The summed E-state index contributed by atoms with van der Waals surface area (Å²) in [6, 6.07) is 0. The largest absolute Gasteiger partial charge is 0.303 e. The van der Waals surface area contributed by atoms with Gasteiger partial charge in [0.15, 0.2) is 0 Å². The zero-order chi connectivity index (χ0) is 14.8. The second-order valence-corrected chi connectivity index (χ2v) is 7.02. The zero-order valence-corrected chi connectivity index (χ0v) is 13.4. The Bertz CT molecular complexity index is 639. The minimum absolute atomic E-state index is 0.255. The van der Waals surface area contributed by atoms with Crippen LogP contribution in [-0.2, 0) is 10.2 Å². The van der Waals surface area contributed by atoms with Crippen LogP contribution in [-0.4, -0.2) is 47.4 Å². The molecule has 2 heterocycles. The highest BCUT2D eigenvalue weighted by molar-refractivity contribution is 7.90. The van der Waals surface area contributed by atoms with E-state index in [4.69, 9.17) is 11.6 Å². The van der Waals surface area contributed by atoms with E-state index < -0.39 is 10.2 Å². The Balaban J connectivity index is 2.15. The molecule has 1 N–H and O–H groups in total. The van der Waals surface area contributed by atoms with Crippen LogP contribution in [0.4, 0.5) is 5.13 Å². The summed E-state index contributed by atoms with van der Waals surface area (Å²) in [5.41, 5.74) is 1.81. The molecule has 0 spiro atoms. The lowest BCUT2D eigenvalue weighted by atomic mass is 10.0. The average molecular weight is 336 g/mol. The van der Waals surface area contributed by atoms with Crippen LogP contribution >= 0.6 is 23.1 Å². The molecule has 0 amide bonds. The van der Waals surface area contributed by atoms with Gasteiger partial charge in [0.2, 0.25) is 5.13 Å². The summed E-state index contributed by atoms with van der Waals surface area (Å²) in [7, 11) is -2.01. The second-order valence-electron chi connectivity index (χ2n) is 4.21. The summed E-state index contributed by atoms with van der Waals surface area (Å²) in [6.07, 6.45) is 1.85. The van der Waals surface area contributed by atoms with Crippen LogP contribution < -0.4 is 4.72 Å². The van der Waals surface area contributed by atoms with Crippen LogP contribution in [0.25, 0.3) is 0 Å². The first-order valence-electron chi connectivity index (χ1n) is 5.80. The van der Waals surface area contributed by atoms with Crippen molar-refractivity contribution in [3.63, 3.8) is 0 Å². The summed E-state index contributed by atoms with van der Waals surface area (Å²) in [4.78, 5) is 7.74. The van der Waals surface area contributed by atoms with Gasteiger partial charge in [-0.1, -0.05) is 17.2 Å². The molecule has 0 saturated heterocycles. The third-order valence-corrected chi connectivity index (χ3v) is 5.45. The summed E-state index contributed by atoms with van der Waals surface area (Å²) in [5, 5.41) is 0.696. The Morgan fingerprint density at radius 1 is 1.60 bits per heavy atom. The van der Waals surface area contributed by atoms with Gasteiger partial charge in [-0.3, -0.25) is 4.99 Å². The lowest BCUT2D eigenvalue weighted by Crippen LogP contribution is -2.40.